The summed E-state index contributed by atoms with van der Waals surface area (Å²) in [5.41, 5.74) is 6.82. The first-order chi connectivity index (χ1) is 9.99. The van der Waals surface area contributed by atoms with E-state index in [0.717, 1.165) is 31.4 Å². The zero-order chi connectivity index (χ0) is 15.4. The average Bonchev–Trinajstić information content (AvgIpc) is 2.47. The van der Waals surface area contributed by atoms with Gasteiger partial charge in [-0.25, -0.2) is 9.97 Å². The minimum absolute atomic E-state index is 0.148. The molecule has 0 aromatic carbocycles. The number of methoxy groups -OCH3 is 1. The van der Waals surface area contributed by atoms with Crippen molar-refractivity contribution in [3.05, 3.63) is 17.5 Å². The monoisotopic (exact) mass is 292 g/mol. The lowest BCUT2D eigenvalue weighted by molar-refractivity contribution is 0.0598. The van der Waals surface area contributed by atoms with E-state index in [4.69, 9.17) is 10.5 Å². The van der Waals surface area contributed by atoms with Crippen LogP contribution in [0.2, 0.25) is 0 Å². The Labute approximate surface area is 125 Å². The molecule has 0 aliphatic heterocycles. The molecule has 1 aromatic heterocycles. The van der Waals surface area contributed by atoms with Crippen LogP contribution < -0.4 is 11.1 Å². The summed E-state index contributed by atoms with van der Waals surface area (Å²) < 4.78 is 5.34. The normalized spacial score (nSPS) is 22.3. The van der Waals surface area contributed by atoms with Gasteiger partial charge in [0.05, 0.1) is 6.10 Å². The van der Waals surface area contributed by atoms with E-state index >= 15 is 0 Å². The van der Waals surface area contributed by atoms with Crippen LogP contribution in [0.15, 0.2) is 6.07 Å². The van der Waals surface area contributed by atoms with E-state index < -0.39 is 0 Å². The highest BCUT2D eigenvalue weighted by atomic mass is 16.5. The van der Waals surface area contributed by atoms with Crippen LogP contribution in [0.25, 0.3) is 0 Å². The van der Waals surface area contributed by atoms with Gasteiger partial charge < -0.3 is 15.8 Å². The summed E-state index contributed by atoms with van der Waals surface area (Å²) in [6, 6.07) is 1.90. The molecule has 0 radical (unpaired) electrons. The second-order valence-corrected chi connectivity index (χ2v) is 5.87. The molecule has 0 spiro atoms. The van der Waals surface area contributed by atoms with E-state index in [1.54, 1.807) is 13.2 Å². The van der Waals surface area contributed by atoms with Crippen LogP contribution in [0.3, 0.4) is 0 Å². The Morgan fingerprint density at radius 1 is 1.33 bits per heavy atom. The molecule has 116 valence electrons. The highest BCUT2D eigenvalue weighted by Gasteiger charge is 2.23. The van der Waals surface area contributed by atoms with Crippen molar-refractivity contribution in [3.63, 3.8) is 0 Å². The number of rotatable bonds is 4. The number of amides is 1. The first-order valence-electron chi connectivity index (χ1n) is 7.47. The number of anilines is 1. The summed E-state index contributed by atoms with van der Waals surface area (Å²) in [6.45, 7) is 4.02. The number of carbonyl (C=O) groups is 1. The van der Waals surface area contributed by atoms with Gasteiger partial charge in [-0.1, -0.05) is 13.8 Å². The summed E-state index contributed by atoms with van der Waals surface area (Å²) in [4.78, 5) is 20.5. The molecular formula is C15H24N4O2. The Kier molecular flexibility index (Phi) is 5.12. The zero-order valence-corrected chi connectivity index (χ0v) is 12.9. The minimum Gasteiger partial charge on any atom is -0.381 e. The molecule has 2 rings (SSSR count). The third kappa shape index (κ3) is 4.14. The molecule has 21 heavy (non-hydrogen) atoms. The van der Waals surface area contributed by atoms with E-state index in [2.05, 4.69) is 15.3 Å². The fraction of sp³-hybridized carbons (Fsp3) is 0.667. The Bertz CT molecular complexity index is 496. The van der Waals surface area contributed by atoms with E-state index in [0.29, 0.717) is 11.8 Å². The smallest absolute Gasteiger partial charge is 0.270 e. The molecule has 1 aliphatic carbocycles. The highest BCUT2D eigenvalue weighted by Crippen LogP contribution is 2.21. The largest absolute Gasteiger partial charge is 0.381 e. The van der Waals surface area contributed by atoms with Gasteiger partial charge in [0, 0.05) is 18.8 Å². The Balaban J connectivity index is 2.00. The molecule has 6 heteroatoms. The Hall–Kier alpha value is -1.69. The lowest BCUT2D eigenvalue weighted by Crippen LogP contribution is -2.39. The number of ether oxygens (including phenoxy) is 1. The number of hydrogen-bond donors (Lipinski definition) is 2. The molecule has 0 atom stereocenters. The van der Waals surface area contributed by atoms with Crippen LogP contribution in [0, 0.1) is 0 Å². The number of nitrogen functional groups attached to an aromatic ring is 1. The number of hydrogen-bond acceptors (Lipinski definition) is 5. The van der Waals surface area contributed by atoms with Crippen molar-refractivity contribution in [2.75, 3.05) is 12.8 Å². The fourth-order valence-corrected chi connectivity index (χ4v) is 2.60. The van der Waals surface area contributed by atoms with Gasteiger partial charge in [0.25, 0.3) is 5.91 Å². The SMILES string of the molecule is COC1CCC(NC(=O)c2cc(C(C)C)nc(N)n2)CC1. The van der Waals surface area contributed by atoms with Gasteiger partial charge in [-0.05, 0) is 37.7 Å². The van der Waals surface area contributed by atoms with E-state index in [1.807, 2.05) is 13.8 Å². The van der Waals surface area contributed by atoms with Crippen molar-refractivity contribution < 1.29 is 9.53 Å². The molecule has 0 bridgehead atoms. The summed E-state index contributed by atoms with van der Waals surface area (Å²) in [6.07, 6.45) is 4.14. The maximum absolute atomic E-state index is 12.3. The van der Waals surface area contributed by atoms with Gasteiger partial charge in [0.2, 0.25) is 5.95 Å². The van der Waals surface area contributed by atoms with Crippen LogP contribution >= 0.6 is 0 Å². The van der Waals surface area contributed by atoms with Gasteiger partial charge in [-0.3, -0.25) is 4.79 Å². The molecule has 1 aromatic rings. The molecule has 0 saturated heterocycles. The third-order valence-electron chi connectivity index (χ3n) is 3.93. The summed E-state index contributed by atoms with van der Waals surface area (Å²) in [5, 5.41) is 3.03. The Morgan fingerprint density at radius 2 is 2.00 bits per heavy atom. The topological polar surface area (TPSA) is 90.1 Å². The molecule has 1 heterocycles. The standard InChI is InChI=1S/C15H24N4O2/c1-9(2)12-8-13(19-15(16)18-12)14(20)17-10-4-6-11(21-3)7-5-10/h8-11H,4-7H2,1-3H3,(H,17,20)(H2,16,18,19). The van der Waals surface area contributed by atoms with E-state index in [9.17, 15) is 4.79 Å². The second-order valence-electron chi connectivity index (χ2n) is 5.87. The quantitative estimate of drug-likeness (QED) is 0.884. The van der Waals surface area contributed by atoms with Crippen molar-refractivity contribution in [2.45, 2.75) is 57.6 Å². The summed E-state index contributed by atoms with van der Waals surface area (Å²) in [5.74, 6) is 0.181. The van der Waals surface area contributed by atoms with Crippen molar-refractivity contribution in [1.29, 1.82) is 0 Å². The molecule has 1 fully saturated rings. The van der Waals surface area contributed by atoms with Crippen molar-refractivity contribution in [2.24, 2.45) is 0 Å². The van der Waals surface area contributed by atoms with Gasteiger partial charge in [-0.2, -0.15) is 0 Å². The molecule has 6 nitrogen and oxygen atoms in total. The molecule has 1 aliphatic rings. The number of nitrogens with zero attached hydrogens (tertiary/aromatic N) is 2. The molecule has 1 saturated carbocycles. The zero-order valence-electron chi connectivity index (χ0n) is 12.9. The molecule has 1 amide bonds. The van der Waals surface area contributed by atoms with Crippen LogP contribution in [0.4, 0.5) is 5.95 Å². The highest BCUT2D eigenvalue weighted by molar-refractivity contribution is 5.92. The maximum Gasteiger partial charge on any atom is 0.270 e. The van der Waals surface area contributed by atoms with E-state index in [-0.39, 0.29) is 23.8 Å². The van der Waals surface area contributed by atoms with Crippen molar-refractivity contribution >= 4 is 11.9 Å². The number of nitrogens with two attached hydrogens (primary N) is 1. The lowest BCUT2D eigenvalue weighted by atomic mass is 9.93. The summed E-state index contributed by atoms with van der Waals surface area (Å²) >= 11 is 0. The predicted molar refractivity (Wildman–Crippen MR) is 81.1 cm³/mol. The molecular weight excluding hydrogens is 268 g/mol. The van der Waals surface area contributed by atoms with Crippen molar-refractivity contribution in [3.8, 4) is 0 Å². The van der Waals surface area contributed by atoms with Gasteiger partial charge in [0.1, 0.15) is 5.69 Å². The van der Waals surface area contributed by atoms with Crippen LogP contribution in [0.5, 0.6) is 0 Å². The number of nitrogens with one attached hydrogen (secondary N) is 1. The van der Waals surface area contributed by atoms with Crippen LogP contribution in [-0.2, 0) is 4.74 Å². The predicted octanol–water partition coefficient (Wildman–Crippen LogP) is 1.87. The van der Waals surface area contributed by atoms with Gasteiger partial charge >= 0.3 is 0 Å². The number of carbonyl (C=O) groups excluding carboxylic acids is 1. The van der Waals surface area contributed by atoms with Crippen LogP contribution in [-0.4, -0.2) is 35.1 Å². The first kappa shape index (κ1) is 15.7. The molecule has 0 unspecified atom stereocenters. The maximum atomic E-state index is 12.3. The molecule has 3 N–H and O–H groups in total. The third-order valence-corrected chi connectivity index (χ3v) is 3.93. The Morgan fingerprint density at radius 3 is 2.57 bits per heavy atom. The second kappa shape index (κ2) is 6.85. The van der Waals surface area contributed by atoms with Gasteiger partial charge in [0.15, 0.2) is 0 Å². The van der Waals surface area contributed by atoms with Gasteiger partial charge in [-0.15, -0.1) is 0 Å². The van der Waals surface area contributed by atoms with Crippen LogP contribution in [0.1, 0.15) is 61.6 Å². The van der Waals surface area contributed by atoms with Crippen molar-refractivity contribution in [1.82, 2.24) is 15.3 Å². The summed E-state index contributed by atoms with van der Waals surface area (Å²) in [7, 11) is 1.74. The van der Waals surface area contributed by atoms with E-state index in [1.165, 1.54) is 0 Å². The fourth-order valence-electron chi connectivity index (χ4n) is 2.60. The first-order valence-corrected chi connectivity index (χ1v) is 7.47. The minimum atomic E-state index is -0.174. The average molecular weight is 292 g/mol. The number of aromatic nitrogens is 2. The lowest BCUT2D eigenvalue weighted by Gasteiger charge is -2.28.